The minimum atomic E-state index is -0.491. The van der Waals surface area contributed by atoms with E-state index in [1.165, 1.54) is 11.8 Å². The Hall–Kier alpha value is -2.32. The third-order valence-electron chi connectivity index (χ3n) is 4.26. The summed E-state index contributed by atoms with van der Waals surface area (Å²) in [4.78, 5) is 26.4. The molecule has 0 atom stereocenters. The molecule has 1 aliphatic rings. The van der Waals surface area contributed by atoms with Crippen LogP contribution in [0.3, 0.4) is 0 Å². The van der Waals surface area contributed by atoms with E-state index in [2.05, 4.69) is 10.6 Å². The van der Waals surface area contributed by atoms with Crippen LogP contribution in [0.1, 0.15) is 29.8 Å². The molecule has 158 valence electrons. The molecular formula is C22H23ClN2O4S. The summed E-state index contributed by atoms with van der Waals surface area (Å²) in [6.07, 6.45) is 1.27. The maximum Gasteiger partial charge on any atom is 0.262 e. The number of nitrogens with one attached hydrogen (secondary N) is 2. The van der Waals surface area contributed by atoms with Crippen LogP contribution in [-0.4, -0.2) is 37.9 Å². The van der Waals surface area contributed by atoms with Crippen molar-refractivity contribution in [2.75, 3.05) is 25.1 Å². The highest BCUT2D eigenvalue weighted by Crippen LogP contribution is 2.39. The second-order valence-corrected chi connectivity index (χ2v) is 7.84. The van der Waals surface area contributed by atoms with Crippen molar-refractivity contribution >= 4 is 46.9 Å². The largest absolute Gasteiger partial charge is 0.351 e. The highest BCUT2D eigenvalue weighted by Gasteiger charge is 2.23. The molecule has 0 unspecified atom stereocenters. The fourth-order valence-corrected chi connectivity index (χ4v) is 3.96. The molecule has 0 radical (unpaired) electrons. The van der Waals surface area contributed by atoms with Crippen molar-refractivity contribution in [1.82, 2.24) is 5.32 Å². The standard InChI is InChI=1S/C22H23ClN2O4S/c1-3-28-20(29-4-2)13-24-21(26)15-9-10-18-17(11-15)25-22(27)19(30-18)12-14-7-5-6-8-16(14)23/h5-12,20H,3-4,13H2,1-2H3,(H,24,26)(H,25,27). The molecule has 0 spiro atoms. The van der Waals surface area contributed by atoms with E-state index in [9.17, 15) is 9.59 Å². The van der Waals surface area contributed by atoms with Gasteiger partial charge in [0.2, 0.25) is 0 Å². The molecule has 30 heavy (non-hydrogen) atoms. The number of rotatable bonds is 8. The second-order valence-electron chi connectivity index (χ2n) is 6.35. The molecule has 3 rings (SSSR count). The summed E-state index contributed by atoms with van der Waals surface area (Å²) in [6, 6.07) is 12.5. The molecule has 2 N–H and O–H groups in total. The normalized spacial score (nSPS) is 14.5. The van der Waals surface area contributed by atoms with Gasteiger partial charge in [0, 0.05) is 28.7 Å². The van der Waals surface area contributed by atoms with Gasteiger partial charge >= 0.3 is 0 Å². The first-order valence-electron chi connectivity index (χ1n) is 9.62. The van der Waals surface area contributed by atoms with Crippen LogP contribution in [0.25, 0.3) is 6.08 Å². The molecule has 0 saturated heterocycles. The van der Waals surface area contributed by atoms with Gasteiger partial charge in [-0.15, -0.1) is 0 Å². The summed E-state index contributed by atoms with van der Waals surface area (Å²) in [5.74, 6) is -0.503. The first-order chi connectivity index (χ1) is 14.5. The third kappa shape index (κ3) is 5.64. The molecule has 1 aliphatic heterocycles. The van der Waals surface area contributed by atoms with Gasteiger partial charge in [0.25, 0.3) is 11.8 Å². The van der Waals surface area contributed by atoms with Crippen LogP contribution >= 0.6 is 23.4 Å². The quantitative estimate of drug-likeness (QED) is 0.459. The fourth-order valence-electron chi connectivity index (χ4n) is 2.85. The molecule has 8 heteroatoms. The number of amides is 2. The number of carbonyl (C=O) groups is 2. The molecule has 1 heterocycles. The van der Waals surface area contributed by atoms with Crippen molar-refractivity contribution in [2.24, 2.45) is 0 Å². The van der Waals surface area contributed by atoms with Crippen LogP contribution in [-0.2, 0) is 14.3 Å². The highest BCUT2D eigenvalue weighted by molar-refractivity contribution is 8.04. The Morgan fingerprint density at radius 1 is 1.20 bits per heavy atom. The Bertz CT molecular complexity index is 958. The SMILES string of the molecule is CCOC(CNC(=O)c1ccc2c(c1)NC(=O)C(=Cc1ccccc1Cl)S2)OCC. The lowest BCUT2D eigenvalue weighted by molar-refractivity contribution is -0.131. The zero-order valence-electron chi connectivity index (χ0n) is 16.7. The zero-order valence-corrected chi connectivity index (χ0v) is 18.3. The lowest BCUT2D eigenvalue weighted by atomic mass is 10.1. The molecule has 0 bridgehead atoms. The molecule has 2 aromatic rings. The Balaban J connectivity index is 1.71. The average molecular weight is 447 g/mol. The first-order valence-corrected chi connectivity index (χ1v) is 10.8. The number of hydrogen-bond donors (Lipinski definition) is 2. The third-order valence-corrected chi connectivity index (χ3v) is 5.70. The number of benzene rings is 2. The topological polar surface area (TPSA) is 76.7 Å². The van der Waals surface area contributed by atoms with Gasteiger partial charge in [0.05, 0.1) is 17.1 Å². The van der Waals surface area contributed by atoms with Gasteiger partial charge in [-0.2, -0.15) is 0 Å². The van der Waals surface area contributed by atoms with Crippen molar-refractivity contribution in [3.8, 4) is 0 Å². The number of anilines is 1. The van der Waals surface area contributed by atoms with Gasteiger partial charge in [0.15, 0.2) is 6.29 Å². The molecule has 0 aliphatic carbocycles. The second kappa shape index (κ2) is 10.6. The van der Waals surface area contributed by atoms with E-state index in [0.29, 0.717) is 34.4 Å². The summed E-state index contributed by atoms with van der Waals surface area (Å²) < 4.78 is 10.9. The first kappa shape index (κ1) is 22.4. The van der Waals surface area contributed by atoms with Crippen LogP contribution in [0, 0.1) is 0 Å². The number of carbonyl (C=O) groups excluding carboxylic acids is 2. The Labute approximate surface area is 185 Å². The molecule has 0 saturated carbocycles. The number of fused-ring (bicyclic) bond motifs is 1. The summed E-state index contributed by atoms with van der Waals surface area (Å²) in [7, 11) is 0. The highest BCUT2D eigenvalue weighted by atomic mass is 35.5. The lowest BCUT2D eigenvalue weighted by Gasteiger charge is -2.20. The predicted octanol–water partition coefficient (Wildman–Crippen LogP) is 4.55. The van der Waals surface area contributed by atoms with Crippen LogP contribution in [0.2, 0.25) is 5.02 Å². The minimum Gasteiger partial charge on any atom is -0.351 e. The Morgan fingerprint density at radius 3 is 2.63 bits per heavy atom. The molecule has 0 fully saturated rings. The van der Waals surface area contributed by atoms with Crippen LogP contribution in [0.5, 0.6) is 0 Å². The van der Waals surface area contributed by atoms with Gasteiger partial charge in [-0.05, 0) is 49.8 Å². The number of thioether (sulfide) groups is 1. The smallest absolute Gasteiger partial charge is 0.262 e. The molecule has 2 amide bonds. The summed E-state index contributed by atoms with van der Waals surface area (Å²) >= 11 is 7.53. The van der Waals surface area contributed by atoms with Gasteiger partial charge in [0.1, 0.15) is 0 Å². The zero-order chi connectivity index (χ0) is 21.5. The minimum absolute atomic E-state index is 0.238. The van der Waals surface area contributed by atoms with Crippen LogP contribution in [0.4, 0.5) is 5.69 Å². The fraction of sp³-hybridized carbons (Fsp3) is 0.273. The molecular weight excluding hydrogens is 424 g/mol. The van der Waals surface area contributed by atoms with Crippen molar-refractivity contribution in [2.45, 2.75) is 25.0 Å². The molecule has 2 aromatic carbocycles. The monoisotopic (exact) mass is 446 g/mol. The van der Waals surface area contributed by atoms with Crippen LogP contribution in [0.15, 0.2) is 52.3 Å². The van der Waals surface area contributed by atoms with E-state index in [4.69, 9.17) is 21.1 Å². The van der Waals surface area contributed by atoms with E-state index in [0.717, 1.165) is 10.5 Å². The van der Waals surface area contributed by atoms with Crippen molar-refractivity contribution in [3.05, 3.63) is 63.5 Å². The number of halogens is 1. The molecule has 6 nitrogen and oxygen atoms in total. The van der Waals surface area contributed by atoms with E-state index in [1.54, 1.807) is 24.3 Å². The Morgan fingerprint density at radius 2 is 1.93 bits per heavy atom. The van der Waals surface area contributed by atoms with Gasteiger partial charge in [-0.1, -0.05) is 41.6 Å². The summed E-state index contributed by atoms with van der Waals surface area (Å²) in [6.45, 7) is 4.96. The predicted molar refractivity (Wildman–Crippen MR) is 120 cm³/mol. The number of ether oxygens (including phenoxy) is 2. The lowest BCUT2D eigenvalue weighted by Crippen LogP contribution is -2.35. The van der Waals surface area contributed by atoms with Crippen LogP contribution < -0.4 is 10.6 Å². The van der Waals surface area contributed by atoms with Crippen molar-refractivity contribution < 1.29 is 19.1 Å². The Kier molecular flexibility index (Phi) is 7.93. The maximum absolute atomic E-state index is 12.5. The van der Waals surface area contributed by atoms with E-state index in [1.807, 2.05) is 38.1 Å². The van der Waals surface area contributed by atoms with E-state index >= 15 is 0 Å². The summed E-state index contributed by atoms with van der Waals surface area (Å²) in [5.41, 5.74) is 1.81. The van der Waals surface area contributed by atoms with Gasteiger partial charge in [-0.25, -0.2) is 0 Å². The van der Waals surface area contributed by atoms with Crippen molar-refractivity contribution in [3.63, 3.8) is 0 Å². The maximum atomic E-state index is 12.5. The van der Waals surface area contributed by atoms with Gasteiger partial charge < -0.3 is 20.1 Å². The van der Waals surface area contributed by atoms with E-state index in [-0.39, 0.29) is 18.4 Å². The van der Waals surface area contributed by atoms with Gasteiger partial charge in [-0.3, -0.25) is 9.59 Å². The van der Waals surface area contributed by atoms with Crippen molar-refractivity contribution in [1.29, 1.82) is 0 Å². The summed E-state index contributed by atoms with van der Waals surface area (Å²) in [5, 5.41) is 6.23. The number of hydrogen-bond acceptors (Lipinski definition) is 5. The van der Waals surface area contributed by atoms with E-state index < -0.39 is 6.29 Å². The molecule has 0 aromatic heterocycles. The average Bonchev–Trinajstić information content (AvgIpc) is 2.74.